The fourth-order valence-corrected chi connectivity index (χ4v) is 8.12. The zero-order valence-electron chi connectivity index (χ0n) is 18.6. The van der Waals surface area contributed by atoms with Crippen LogP contribution in [0.15, 0.2) is 24.3 Å². The maximum absolute atomic E-state index is 11.7. The Kier molecular flexibility index (Phi) is 3.47. The van der Waals surface area contributed by atoms with E-state index >= 15 is 0 Å². The molecule has 2 N–H and O–H groups in total. The fraction of sp³-hybridized carbons (Fsp3) is 0.680. The zero-order chi connectivity index (χ0) is 21.3. The van der Waals surface area contributed by atoms with Crippen molar-refractivity contribution in [2.24, 2.45) is 17.3 Å². The van der Waals surface area contributed by atoms with Crippen LogP contribution < -0.4 is 4.74 Å². The van der Waals surface area contributed by atoms with Gasteiger partial charge in [0.25, 0.3) is 0 Å². The summed E-state index contributed by atoms with van der Waals surface area (Å²) in [5.41, 5.74) is 0.525. The largest absolute Gasteiger partial charge is 0.504 e. The fourth-order valence-electron chi connectivity index (χ4n) is 8.12. The van der Waals surface area contributed by atoms with E-state index in [-0.39, 0.29) is 34.5 Å². The Hall–Kier alpha value is -1.56. The van der Waals surface area contributed by atoms with E-state index in [0.717, 1.165) is 25.8 Å². The van der Waals surface area contributed by atoms with Crippen LogP contribution in [0.4, 0.5) is 0 Å². The third-order valence-corrected chi connectivity index (χ3v) is 9.95. The van der Waals surface area contributed by atoms with Gasteiger partial charge < -0.3 is 24.6 Å². The smallest absolute Gasteiger partial charge is 0.165 e. The standard InChI is InChI=1S/C25H33NO4/c1-14(2)22(3,28)17-13-23-8-9-25(17,29-5)21-24(23)10-11-26(4)18(23)12-15-6-7-16(27)20(30-21)19(15)24/h6-9,14,17-18,21,27-28H,10-13H2,1-5H3/t17?,18-,21-,22?,23-,24+,25?/m1/s1. The molecule has 2 aliphatic heterocycles. The molecule has 3 unspecified atom stereocenters. The predicted octanol–water partition coefficient (Wildman–Crippen LogP) is 3.02. The number of rotatable bonds is 3. The number of benzene rings is 1. The van der Waals surface area contributed by atoms with Crippen molar-refractivity contribution in [3.8, 4) is 11.5 Å². The van der Waals surface area contributed by atoms with Crippen molar-refractivity contribution in [1.82, 2.24) is 4.90 Å². The number of likely N-dealkylation sites (N-methyl/N-ethyl adjacent to an activating group) is 1. The number of aliphatic hydroxyl groups is 1. The quantitative estimate of drug-likeness (QED) is 0.749. The van der Waals surface area contributed by atoms with Gasteiger partial charge in [0.1, 0.15) is 11.7 Å². The average molecular weight is 412 g/mol. The van der Waals surface area contributed by atoms with E-state index in [1.54, 1.807) is 13.2 Å². The van der Waals surface area contributed by atoms with Gasteiger partial charge in [0.2, 0.25) is 0 Å². The van der Waals surface area contributed by atoms with Gasteiger partial charge in [-0.25, -0.2) is 0 Å². The SMILES string of the molecule is COC12C=C[C@@]3(CC1C(C)(O)C(C)C)[C@H]1Cc4ccc(O)c5c4[C@@]3(CCN1C)[C@H]2O5. The van der Waals surface area contributed by atoms with Crippen LogP contribution in [0, 0.1) is 17.3 Å². The molecule has 5 heteroatoms. The number of methoxy groups -OCH3 is 1. The van der Waals surface area contributed by atoms with Crippen molar-refractivity contribution in [2.75, 3.05) is 20.7 Å². The van der Waals surface area contributed by atoms with Gasteiger partial charge in [0, 0.05) is 30.0 Å². The topological polar surface area (TPSA) is 62.2 Å². The second-order valence-electron chi connectivity index (χ2n) is 10.9. The van der Waals surface area contributed by atoms with Crippen LogP contribution in [0.3, 0.4) is 0 Å². The number of phenolic OH excluding ortho intramolecular Hbond substituents is 1. The number of hydrogen-bond acceptors (Lipinski definition) is 5. The van der Waals surface area contributed by atoms with Crippen molar-refractivity contribution in [3.05, 3.63) is 35.4 Å². The van der Waals surface area contributed by atoms with E-state index in [0.29, 0.717) is 11.8 Å². The highest BCUT2D eigenvalue weighted by atomic mass is 16.6. The lowest BCUT2D eigenvalue weighted by Crippen LogP contribution is -2.80. The molecule has 1 saturated carbocycles. The Bertz CT molecular complexity index is 970. The van der Waals surface area contributed by atoms with Crippen LogP contribution in [0.5, 0.6) is 11.5 Å². The van der Waals surface area contributed by atoms with Crippen molar-refractivity contribution in [1.29, 1.82) is 0 Å². The number of piperidine rings is 1. The summed E-state index contributed by atoms with van der Waals surface area (Å²) in [6, 6.07) is 4.22. The summed E-state index contributed by atoms with van der Waals surface area (Å²) >= 11 is 0. The van der Waals surface area contributed by atoms with Gasteiger partial charge in [0.05, 0.1) is 11.0 Å². The van der Waals surface area contributed by atoms with E-state index in [1.807, 2.05) is 6.92 Å². The van der Waals surface area contributed by atoms with E-state index in [4.69, 9.17) is 9.47 Å². The number of ether oxygens (including phenoxy) is 2. The van der Waals surface area contributed by atoms with E-state index in [2.05, 4.69) is 44.0 Å². The average Bonchev–Trinajstić information content (AvgIpc) is 3.09. The van der Waals surface area contributed by atoms with Crippen LogP contribution in [-0.2, 0) is 16.6 Å². The van der Waals surface area contributed by atoms with Gasteiger partial charge in [-0.3, -0.25) is 0 Å². The number of hydrogen-bond donors (Lipinski definition) is 2. The molecule has 1 aromatic carbocycles. The Labute approximate surface area is 178 Å². The highest BCUT2D eigenvalue weighted by Gasteiger charge is 2.80. The molecule has 7 rings (SSSR count). The minimum absolute atomic E-state index is 0.0866. The number of fused-ring (bicyclic) bond motifs is 1. The molecule has 0 amide bonds. The first kappa shape index (κ1) is 19.1. The lowest BCUT2D eigenvalue weighted by atomic mass is 9.36. The van der Waals surface area contributed by atoms with Gasteiger partial charge in [-0.1, -0.05) is 32.1 Å². The molecule has 0 aromatic heterocycles. The van der Waals surface area contributed by atoms with Crippen molar-refractivity contribution >= 4 is 0 Å². The van der Waals surface area contributed by atoms with Crippen LogP contribution in [0.1, 0.15) is 44.7 Å². The Morgan fingerprint density at radius 2 is 2.07 bits per heavy atom. The molecule has 2 heterocycles. The molecular formula is C25H33NO4. The van der Waals surface area contributed by atoms with Crippen molar-refractivity contribution < 1.29 is 19.7 Å². The molecule has 1 aromatic rings. The Morgan fingerprint density at radius 3 is 2.77 bits per heavy atom. The lowest BCUT2D eigenvalue weighted by molar-refractivity contribution is -0.252. The summed E-state index contributed by atoms with van der Waals surface area (Å²) in [6.45, 7) is 7.14. The first-order valence-corrected chi connectivity index (χ1v) is 11.4. The molecule has 4 aliphatic carbocycles. The first-order valence-electron chi connectivity index (χ1n) is 11.4. The second-order valence-corrected chi connectivity index (χ2v) is 10.9. The monoisotopic (exact) mass is 411 g/mol. The molecule has 162 valence electrons. The molecular weight excluding hydrogens is 378 g/mol. The minimum atomic E-state index is -0.900. The highest BCUT2D eigenvalue weighted by Crippen LogP contribution is 2.75. The van der Waals surface area contributed by atoms with Crippen LogP contribution >= 0.6 is 0 Å². The van der Waals surface area contributed by atoms with Crippen LogP contribution in [0.2, 0.25) is 0 Å². The molecule has 1 saturated heterocycles. The van der Waals surface area contributed by atoms with E-state index < -0.39 is 11.2 Å². The van der Waals surface area contributed by atoms with Crippen molar-refractivity contribution in [3.63, 3.8) is 0 Å². The molecule has 4 bridgehead atoms. The van der Waals surface area contributed by atoms with Gasteiger partial charge >= 0.3 is 0 Å². The number of phenols is 1. The molecule has 6 aliphatic rings. The lowest BCUT2D eigenvalue weighted by Gasteiger charge is -2.72. The Morgan fingerprint density at radius 1 is 1.30 bits per heavy atom. The normalized spacial score (nSPS) is 44.7. The van der Waals surface area contributed by atoms with E-state index in [9.17, 15) is 10.2 Å². The van der Waals surface area contributed by atoms with Gasteiger partial charge in [-0.2, -0.15) is 0 Å². The van der Waals surface area contributed by atoms with Crippen LogP contribution in [0.25, 0.3) is 0 Å². The Balaban J connectivity index is 1.68. The maximum atomic E-state index is 11.7. The van der Waals surface area contributed by atoms with Crippen molar-refractivity contribution in [2.45, 2.75) is 68.8 Å². The highest BCUT2D eigenvalue weighted by molar-refractivity contribution is 5.65. The zero-order valence-corrected chi connectivity index (χ0v) is 18.6. The summed E-state index contributed by atoms with van der Waals surface area (Å²) in [5.74, 6) is 0.872. The second kappa shape index (κ2) is 5.43. The maximum Gasteiger partial charge on any atom is 0.165 e. The summed E-state index contributed by atoms with van der Waals surface area (Å²) in [6.07, 6.45) is 7.15. The molecule has 5 nitrogen and oxygen atoms in total. The molecule has 7 atom stereocenters. The molecule has 2 fully saturated rings. The van der Waals surface area contributed by atoms with Gasteiger partial charge in [-0.05, 0) is 57.3 Å². The van der Waals surface area contributed by atoms with Gasteiger partial charge in [-0.15, -0.1) is 0 Å². The number of nitrogens with zero attached hydrogens (tertiary/aromatic N) is 1. The first-order chi connectivity index (χ1) is 14.2. The van der Waals surface area contributed by atoms with E-state index in [1.165, 1.54) is 11.1 Å². The predicted molar refractivity (Wildman–Crippen MR) is 114 cm³/mol. The number of aromatic hydroxyl groups is 1. The summed E-state index contributed by atoms with van der Waals surface area (Å²) in [7, 11) is 3.99. The summed E-state index contributed by atoms with van der Waals surface area (Å²) in [4.78, 5) is 2.51. The molecule has 0 radical (unpaired) electrons. The number of likely N-dealkylation sites (tertiary alicyclic amines) is 1. The third kappa shape index (κ3) is 1.73. The van der Waals surface area contributed by atoms with Gasteiger partial charge in [0.15, 0.2) is 11.5 Å². The molecule has 2 spiro atoms. The third-order valence-electron chi connectivity index (χ3n) is 9.95. The summed E-state index contributed by atoms with van der Waals surface area (Å²) < 4.78 is 13.1. The van der Waals surface area contributed by atoms with Crippen LogP contribution in [-0.4, -0.2) is 59.2 Å². The minimum Gasteiger partial charge on any atom is -0.504 e. The molecule has 30 heavy (non-hydrogen) atoms. The summed E-state index contributed by atoms with van der Waals surface area (Å²) in [5, 5.41) is 22.5.